The first-order valence-corrected chi connectivity index (χ1v) is 16.2. The number of fused-ring (bicyclic) bond motifs is 6. The van der Waals surface area contributed by atoms with Crippen molar-refractivity contribution in [3.63, 3.8) is 0 Å². The van der Waals surface area contributed by atoms with E-state index in [2.05, 4.69) is 131 Å². The number of hydrogen-bond acceptors (Lipinski definition) is 6. The van der Waals surface area contributed by atoms with Gasteiger partial charge in [-0.2, -0.15) is 29.9 Å². The minimum atomic E-state index is 0. The second kappa shape index (κ2) is 16.0. The van der Waals surface area contributed by atoms with Crippen molar-refractivity contribution in [3.05, 3.63) is 140 Å². The van der Waals surface area contributed by atoms with Crippen LogP contribution in [0.15, 0.2) is 114 Å². The van der Waals surface area contributed by atoms with E-state index < -0.39 is 0 Å². The predicted molar refractivity (Wildman–Crippen MR) is 202 cm³/mol. The summed E-state index contributed by atoms with van der Waals surface area (Å²) >= 11 is 31.2. The maximum atomic E-state index is 5.85. The van der Waals surface area contributed by atoms with Crippen LogP contribution in [0.25, 0.3) is 54.5 Å². The van der Waals surface area contributed by atoms with Gasteiger partial charge < -0.3 is 2.85 Å². The Morgan fingerprint density at radius 1 is 0.404 bits per heavy atom. The Balaban J connectivity index is 0.000000210. The average molecular weight is 794 g/mol. The number of aromatic nitrogens is 6. The van der Waals surface area contributed by atoms with Gasteiger partial charge in [-0.25, -0.2) is 0 Å². The molecular formula is C34H20BrCl5MgN6. The standard InChI is InChI=1S/C17H9Cl2N3.C14H9Br.C3Cl3N3.Mg.2H/c18-16-20-15(21-17(19)22-16)12-7-8-14-11(9-12)6-5-10-3-1-2-4-13(10)14;15-12-7-8-14-11(9-12)6-5-10-3-1-2-4-13(10)14;4-1-7-2(5)9-3(6)8-1;;;/h1-9H;1-9H;;;;/q;;;+2;2*-1. The third kappa shape index (κ3) is 8.76. The topological polar surface area (TPSA) is 77.3 Å². The van der Waals surface area contributed by atoms with E-state index in [-0.39, 0.29) is 52.3 Å². The van der Waals surface area contributed by atoms with Crippen molar-refractivity contribution < 1.29 is 2.85 Å². The summed E-state index contributed by atoms with van der Waals surface area (Å²) in [7, 11) is 0. The Morgan fingerprint density at radius 2 is 0.787 bits per heavy atom. The molecule has 13 heteroatoms. The number of benzene rings is 6. The molecule has 8 rings (SSSR count). The SMILES string of the molecule is Brc1ccc2c(ccc3ccccc32)c1.Clc1nc(Cl)nc(-c2ccc3c(ccc4ccccc43)c2)n1.Clc1nc(Cl)nc(Cl)n1.[H-].[H-].[Mg+2]. The third-order valence-corrected chi connectivity index (χ3v) is 8.18. The molecule has 8 aromatic rings. The van der Waals surface area contributed by atoms with Crippen molar-refractivity contribution in [3.8, 4) is 11.4 Å². The molecule has 0 amide bonds. The van der Waals surface area contributed by atoms with Crippen LogP contribution in [0.1, 0.15) is 2.85 Å². The Labute approximate surface area is 321 Å². The third-order valence-electron chi connectivity index (χ3n) is 6.84. The summed E-state index contributed by atoms with van der Waals surface area (Å²) in [6, 6.07) is 37.8. The molecule has 0 bridgehead atoms. The Kier molecular flexibility index (Phi) is 12.0. The van der Waals surface area contributed by atoms with Gasteiger partial charge in [-0.3, -0.25) is 0 Å². The summed E-state index contributed by atoms with van der Waals surface area (Å²) in [5.74, 6) is 0.472. The summed E-state index contributed by atoms with van der Waals surface area (Å²) in [5, 5.41) is 10.1. The fourth-order valence-corrected chi connectivity index (χ4v) is 6.25. The Hall–Kier alpha value is -2.92. The molecular weight excluding hydrogens is 774 g/mol. The summed E-state index contributed by atoms with van der Waals surface area (Å²) in [4.78, 5) is 22.4. The van der Waals surface area contributed by atoms with Gasteiger partial charge in [0.2, 0.25) is 26.4 Å². The molecule has 6 aromatic carbocycles. The van der Waals surface area contributed by atoms with E-state index in [1.165, 1.54) is 37.7 Å². The smallest absolute Gasteiger partial charge is 1.00 e. The molecule has 0 N–H and O–H groups in total. The molecule has 0 aliphatic rings. The predicted octanol–water partition coefficient (Wildman–Crippen LogP) is 11.6. The molecule has 2 aromatic heterocycles. The summed E-state index contributed by atoms with van der Waals surface area (Å²) in [5.41, 5.74) is 0.856. The molecule has 47 heavy (non-hydrogen) atoms. The fourth-order valence-electron chi connectivity index (χ4n) is 4.89. The van der Waals surface area contributed by atoms with Gasteiger partial charge in [0.05, 0.1) is 0 Å². The normalized spacial score (nSPS) is 10.6. The van der Waals surface area contributed by atoms with Crippen molar-refractivity contribution >= 4 is 140 Å². The summed E-state index contributed by atoms with van der Waals surface area (Å²) < 4.78 is 1.13. The van der Waals surface area contributed by atoms with Gasteiger partial charge in [-0.05, 0) is 119 Å². The van der Waals surface area contributed by atoms with E-state index in [9.17, 15) is 0 Å². The molecule has 0 spiro atoms. The molecule has 2 heterocycles. The molecule has 0 aliphatic carbocycles. The van der Waals surface area contributed by atoms with Crippen LogP contribution in [0, 0.1) is 0 Å². The molecule has 0 saturated heterocycles. The maximum Gasteiger partial charge on any atom is 2.00 e. The van der Waals surface area contributed by atoms with Gasteiger partial charge >= 0.3 is 23.1 Å². The quantitative estimate of drug-likeness (QED) is 0.122. The van der Waals surface area contributed by atoms with E-state index in [1.807, 2.05) is 24.3 Å². The van der Waals surface area contributed by atoms with Gasteiger partial charge in [0, 0.05) is 10.0 Å². The average Bonchev–Trinajstić information content (AvgIpc) is 3.04. The van der Waals surface area contributed by atoms with Crippen molar-refractivity contribution in [2.45, 2.75) is 0 Å². The molecule has 6 nitrogen and oxygen atoms in total. The van der Waals surface area contributed by atoms with E-state index in [0.717, 1.165) is 15.4 Å². The number of rotatable bonds is 1. The largest absolute Gasteiger partial charge is 2.00 e. The van der Waals surface area contributed by atoms with Crippen LogP contribution in [0.5, 0.6) is 0 Å². The second-order valence-electron chi connectivity index (χ2n) is 9.71. The number of nitrogens with zero attached hydrogens (tertiary/aromatic N) is 6. The molecule has 0 unspecified atom stereocenters. The van der Waals surface area contributed by atoms with E-state index in [0.29, 0.717) is 5.82 Å². The van der Waals surface area contributed by atoms with Gasteiger partial charge in [-0.1, -0.05) is 107 Å². The van der Waals surface area contributed by atoms with Gasteiger partial charge in [-0.15, -0.1) is 0 Å². The van der Waals surface area contributed by atoms with Crippen LogP contribution in [0.2, 0.25) is 26.4 Å². The first-order chi connectivity index (χ1) is 22.2. The van der Waals surface area contributed by atoms with E-state index in [4.69, 9.17) is 58.0 Å². The molecule has 0 fully saturated rings. The van der Waals surface area contributed by atoms with Crippen LogP contribution in [0.4, 0.5) is 0 Å². The Bertz CT molecular complexity index is 2320. The van der Waals surface area contributed by atoms with Crippen molar-refractivity contribution in [1.29, 1.82) is 0 Å². The van der Waals surface area contributed by atoms with Crippen molar-refractivity contribution in [2.24, 2.45) is 0 Å². The molecule has 0 atom stereocenters. The van der Waals surface area contributed by atoms with Crippen LogP contribution in [0.3, 0.4) is 0 Å². The van der Waals surface area contributed by atoms with E-state index in [1.54, 1.807) is 0 Å². The van der Waals surface area contributed by atoms with Gasteiger partial charge in [0.25, 0.3) is 0 Å². The summed E-state index contributed by atoms with van der Waals surface area (Å²) in [6.45, 7) is 0. The first-order valence-electron chi connectivity index (χ1n) is 13.5. The molecule has 0 saturated carbocycles. The maximum absolute atomic E-state index is 5.85. The second-order valence-corrected chi connectivity index (χ2v) is 12.3. The van der Waals surface area contributed by atoms with Crippen LogP contribution in [-0.4, -0.2) is 53.0 Å². The van der Waals surface area contributed by atoms with Gasteiger partial charge in [0.15, 0.2) is 5.82 Å². The first kappa shape index (κ1) is 35.4. The molecule has 0 aliphatic heterocycles. The minimum Gasteiger partial charge on any atom is -1.00 e. The van der Waals surface area contributed by atoms with Crippen LogP contribution < -0.4 is 0 Å². The minimum absolute atomic E-state index is 0. The zero-order chi connectivity index (χ0) is 32.2. The molecule has 0 radical (unpaired) electrons. The van der Waals surface area contributed by atoms with Gasteiger partial charge in [0.1, 0.15) is 0 Å². The molecule has 230 valence electrons. The fraction of sp³-hybridized carbons (Fsp3) is 0. The van der Waals surface area contributed by atoms with Crippen LogP contribution >= 0.6 is 73.9 Å². The van der Waals surface area contributed by atoms with Crippen molar-refractivity contribution in [1.82, 2.24) is 29.9 Å². The van der Waals surface area contributed by atoms with E-state index >= 15 is 0 Å². The number of halogens is 6. The van der Waals surface area contributed by atoms with Crippen LogP contribution in [-0.2, 0) is 0 Å². The summed E-state index contributed by atoms with van der Waals surface area (Å²) in [6.07, 6.45) is 0. The zero-order valence-corrected chi connectivity index (χ0v) is 30.8. The Morgan fingerprint density at radius 3 is 1.30 bits per heavy atom. The zero-order valence-electron chi connectivity index (χ0n) is 26.1. The van der Waals surface area contributed by atoms with Crippen molar-refractivity contribution in [2.75, 3.05) is 0 Å². The monoisotopic (exact) mass is 790 g/mol. The number of hydrogen-bond donors (Lipinski definition) is 0.